The minimum atomic E-state index is -0.446. The SMILES string of the molecule is CCc1ccc(C(O)CCCC(=O)N2CC2)cc1. The Morgan fingerprint density at radius 3 is 2.56 bits per heavy atom. The second kappa shape index (κ2) is 6.01. The fraction of sp³-hybridized carbons (Fsp3) is 0.533. The van der Waals surface area contributed by atoms with Crippen molar-refractivity contribution in [3.8, 4) is 0 Å². The normalized spacial score (nSPS) is 15.6. The molecule has 1 aromatic rings. The Morgan fingerprint density at radius 2 is 2.00 bits per heavy atom. The molecular formula is C15H21NO2. The highest BCUT2D eigenvalue weighted by Gasteiger charge is 2.23. The van der Waals surface area contributed by atoms with Crippen LogP contribution in [0.15, 0.2) is 24.3 Å². The summed E-state index contributed by atoms with van der Waals surface area (Å²) in [6.45, 7) is 3.95. The van der Waals surface area contributed by atoms with Crippen LogP contribution in [0.1, 0.15) is 43.4 Å². The third kappa shape index (κ3) is 3.57. The second-order valence-electron chi connectivity index (χ2n) is 4.88. The molecule has 1 N–H and O–H groups in total. The van der Waals surface area contributed by atoms with E-state index in [0.717, 1.165) is 31.5 Å². The third-order valence-electron chi connectivity index (χ3n) is 3.44. The number of rotatable bonds is 6. The molecule has 18 heavy (non-hydrogen) atoms. The van der Waals surface area contributed by atoms with Gasteiger partial charge in [0.15, 0.2) is 0 Å². The summed E-state index contributed by atoms with van der Waals surface area (Å²) in [5, 5.41) is 10.0. The minimum absolute atomic E-state index is 0.225. The van der Waals surface area contributed by atoms with Crippen LogP contribution in [0, 0.1) is 0 Å². The van der Waals surface area contributed by atoms with Gasteiger partial charge in [-0.2, -0.15) is 0 Å². The molecule has 1 aromatic carbocycles. The van der Waals surface area contributed by atoms with Crippen LogP contribution in [0.2, 0.25) is 0 Å². The van der Waals surface area contributed by atoms with E-state index >= 15 is 0 Å². The first-order chi connectivity index (χ1) is 8.70. The maximum absolute atomic E-state index is 11.5. The van der Waals surface area contributed by atoms with Crippen molar-refractivity contribution in [3.63, 3.8) is 0 Å². The van der Waals surface area contributed by atoms with Crippen molar-refractivity contribution < 1.29 is 9.90 Å². The molecule has 1 amide bonds. The molecule has 0 aromatic heterocycles. The van der Waals surface area contributed by atoms with E-state index in [0.29, 0.717) is 12.8 Å². The van der Waals surface area contributed by atoms with Crippen molar-refractivity contribution in [2.75, 3.05) is 13.1 Å². The zero-order valence-corrected chi connectivity index (χ0v) is 10.9. The maximum atomic E-state index is 11.5. The zero-order valence-electron chi connectivity index (χ0n) is 10.9. The van der Waals surface area contributed by atoms with Gasteiger partial charge in [-0.05, 0) is 30.4 Å². The summed E-state index contributed by atoms with van der Waals surface area (Å²) in [6.07, 6.45) is 2.54. The molecule has 1 aliphatic rings. The van der Waals surface area contributed by atoms with Crippen LogP contribution in [0.25, 0.3) is 0 Å². The quantitative estimate of drug-likeness (QED) is 0.784. The summed E-state index contributed by atoms with van der Waals surface area (Å²) >= 11 is 0. The highest BCUT2D eigenvalue weighted by molar-refractivity contribution is 5.78. The van der Waals surface area contributed by atoms with Crippen molar-refractivity contribution >= 4 is 5.91 Å². The van der Waals surface area contributed by atoms with Crippen molar-refractivity contribution in [1.82, 2.24) is 4.90 Å². The predicted octanol–water partition coefficient (Wildman–Crippen LogP) is 2.29. The Hall–Kier alpha value is -1.35. The first-order valence-electron chi connectivity index (χ1n) is 6.75. The number of hydrogen-bond acceptors (Lipinski definition) is 2. The Labute approximate surface area is 108 Å². The molecule has 0 spiro atoms. The number of aryl methyl sites for hydroxylation is 1. The maximum Gasteiger partial charge on any atom is 0.222 e. The number of carbonyl (C=O) groups excluding carboxylic acids is 1. The minimum Gasteiger partial charge on any atom is -0.388 e. The highest BCUT2D eigenvalue weighted by atomic mass is 16.3. The first-order valence-corrected chi connectivity index (χ1v) is 6.75. The van der Waals surface area contributed by atoms with Gasteiger partial charge in [-0.15, -0.1) is 0 Å². The fourth-order valence-electron chi connectivity index (χ4n) is 2.05. The van der Waals surface area contributed by atoms with Crippen molar-refractivity contribution in [3.05, 3.63) is 35.4 Å². The van der Waals surface area contributed by atoms with Crippen molar-refractivity contribution in [2.24, 2.45) is 0 Å². The molecule has 0 bridgehead atoms. The summed E-state index contributed by atoms with van der Waals surface area (Å²) in [5.74, 6) is 0.225. The number of nitrogens with zero attached hydrogens (tertiary/aromatic N) is 1. The summed E-state index contributed by atoms with van der Waals surface area (Å²) < 4.78 is 0. The molecule has 3 heteroatoms. The molecule has 1 unspecified atom stereocenters. The number of carbonyl (C=O) groups is 1. The second-order valence-corrected chi connectivity index (χ2v) is 4.88. The average molecular weight is 247 g/mol. The van der Waals surface area contributed by atoms with Gasteiger partial charge >= 0.3 is 0 Å². The largest absolute Gasteiger partial charge is 0.388 e. The average Bonchev–Trinajstić information content (AvgIpc) is 3.23. The lowest BCUT2D eigenvalue weighted by Gasteiger charge is -2.11. The monoisotopic (exact) mass is 247 g/mol. The number of aliphatic hydroxyl groups is 1. The van der Waals surface area contributed by atoms with Crippen LogP contribution in [0.5, 0.6) is 0 Å². The molecular weight excluding hydrogens is 226 g/mol. The summed E-state index contributed by atoms with van der Waals surface area (Å²) in [6, 6.07) is 8.07. The van der Waals surface area contributed by atoms with E-state index in [1.54, 1.807) is 0 Å². The molecule has 3 nitrogen and oxygen atoms in total. The lowest BCUT2D eigenvalue weighted by molar-refractivity contribution is -0.125. The Balaban J connectivity index is 1.75. The van der Waals surface area contributed by atoms with Gasteiger partial charge in [0.1, 0.15) is 0 Å². The van der Waals surface area contributed by atoms with E-state index in [-0.39, 0.29) is 5.91 Å². The fourth-order valence-corrected chi connectivity index (χ4v) is 2.05. The smallest absolute Gasteiger partial charge is 0.222 e. The topological polar surface area (TPSA) is 40.3 Å². The Kier molecular flexibility index (Phi) is 4.37. The van der Waals surface area contributed by atoms with Gasteiger partial charge in [-0.25, -0.2) is 0 Å². The molecule has 0 aliphatic carbocycles. The molecule has 1 fully saturated rings. The lowest BCUT2D eigenvalue weighted by atomic mass is 10.0. The number of amides is 1. The molecule has 1 atom stereocenters. The van der Waals surface area contributed by atoms with Gasteiger partial charge in [0.25, 0.3) is 0 Å². The number of hydrogen-bond donors (Lipinski definition) is 1. The van der Waals surface area contributed by atoms with Gasteiger partial charge in [0.2, 0.25) is 5.91 Å². The molecule has 1 heterocycles. The van der Waals surface area contributed by atoms with E-state index in [1.165, 1.54) is 5.56 Å². The van der Waals surface area contributed by atoms with Crippen LogP contribution < -0.4 is 0 Å². The van der Waals surface area contributed by atoms with Crippen LogP contribution in [-0.2, 0) is 11.2 Å². The summed E-state index contributed by atoms with van der Waals surface area (Å²) in [5.41, 5.74) is 2.23. The van der Waals surface area contributed by atoms with Gasteiger partial charge < -0.3 is 10.0 Å². The zero-order chi connectivity index (χ0) is 13.0. The Bertz CT molecular complexity index is 395. The van der Waals surface area contributed by atoms with Gasteiger partial charge in [0.05, 0.1) is 6.10 Å². The van der Waals surface area contributed by atoms with E-state index in [4.69, 9.17) is 0 Å². The van der Waals surface area contributed by atoms with Gasteiger partial charge in [-0.1, -0.05) is 31.2 Å². The van der Waals surface area contributed by atoms with Crippen LogP contribution in [0.3, 0.4) is 0 Å². The molecule has 98 valence electrons. The number of benzene rings is 1. The Morgan fingerprint density at radius 1 is 1.33 bits per heavy atom. The van der Waals surface area contributed by atoms with Crippen LogP contribution in [0.4, 0.5) is 0 Å². The third-order valence-corrected chi connectivity index (χ3v) is 3.44. The van der Waals surface area contributed by atoms with E-state index in [2.05, 4.69) is 19.1 Å². The predicted molar refractivity (Wildman–Crippen MR) is 71.2 cm³/mol. The molecule has 0 radical (unpaired) electrons. The standard InChI is InChI=1S/C15H21NO2/c1-2-12-6-8-13(9-7-12)14(17)4-3-5-15(18)16-10-11-16/h6-9,14,17H,2-5,10-11H2,1H3. The molecule has 1 saturated heterocycles. The van der Waals surface area contributed by atoms with Crippen molar-refractivity contribution in [1.29, 1.82) is 0 Å². The van der Waals surface area contributed by atoms with Crippen LogP contribution >= 0.6 is 0 Å². The summed E-state index contributed by atoms with van der Waals surface area (Å²) in [7, 11) is 0. The highest BCUT2D eigenvalue weighted by Crippen LogP contribution is 2.20. The van der Waals surface area contributed by atoms with E-state index in [9.17, 15) is 9.90 Å². The molecule has 1 aliphatic heterocycles. The van der Waals surface area contributed by atoms with Crippen molar-refractivity contribution in [2.45, 2.75) is 38.7 Å². The van der Waals surface area contributed by atoms with Gasteiger partial charge in [0, 0.05) is 19.5 Å². The van der Waals surface area contributed by atoms with E-state index < -0.39 is 6.10 Å². The van der Waals surface area contributed by atoms with E-state index in [1.807, 2.05) is 17.0 Å². The first kappa shape index (κ1) is 13.1. The lowest BCUT2D eigenvalue weighted by Crippen LogP contribution is -2.10. The number of aliphatic hydroxyl groups excluding tert-OH is 1. The van der Waals surface area contributed by atoms with Gasteiger partial charge in [-0.3, -0.25) is 4.79 Å². The molecule has 0 saturated carbocycles. The summed E-state index contributed by atoms with van der Waals surface area (Å²) in [4.78, 5) is 13.3. The molecule has 2 rings (SSSR count). The van der Waals surface area contributed by atoms with Crippen LogP contribution in [-0.4, -0.2) is 29.0 Å².